The number of hydrogen-bond acceptors (Lipinski definition) is 6. The normalized spacial score (nSPS) is 10.7. The number of nitrogens with zero attached hydrogens (tertiary/aromatic N) is 3. The van der Waals surface area contributed by atoms with Gasteiger partial charge in [0.15, 0.2) is 0 Å². The fourth-order valence-corrected chi connectivity index (χ4v) is 10.2. The summed E-state index contributed by atoms with van der Waals surface area (Å²) < 4.78 is 0. The third kappa shape index (κ3) is 9.04. The quantitative estimate of drug-likeness (QED) is 0.167. The van der Waals surface area contributed by atoms with Gasteiger partial charge in [-0.15, -0.1) is 34.0 Å². The van der Waals surface area contributed by atoms with E-state index >= 15 is 0 Å². The van der Waals surface area contributed by atoms with E-state index in [-0.39, 0.29) is 20.1 Å². The van der Waals surface area contributed by atoms with Crippen LogP contribution >= 0.6 is 34.0 Å². The molecule has 0 aliphatic heterocycles. The maximum Gasteiger partial charge on any atom is 0.0797 e. The molecule has 3 aromatic heterocycles. The SMILES string of the molecule is [Ir].c1ccc(-c2cccc3cccc(-c4cncs4)c23)cc1.c1ccc(-c2cccc3cccc(-c4cncs4)c23)cc1.c1ccc(-c2cccc3cccc(-c4cncs4)c23)cc1. The zero-order valence-electron chi connectivity index (χ0n) is 34.4. The van der Waals surface area contributed by atoms with Crippen LogP contribution in [-0.4, -0.2) is 15.0 Å². The fourth-order valence-electron chi connectivity index (χ4n) is 8.26. The molecule has 64 heavy (non-hydrogen) atoms. The van der Waals surface area contributed by atoms with Crippen LogP contribution < -0.4 is 0 Å². The topological polar surface area (TPSA) is 38.7 Å². The van der Waals surface area contributed by atoms with E-state index in [2.05, 4.69) is 215 Å². The van der Waals surface area contributed by atoms with Crippen LogP contribution in [0.1, 0.15) is 0 Å². The van der Waals surface area contributed by atoms with Crippen molar-refractivity contribution in [1.29, 1.82) is 0 Å². The minimum absolute atomic E-state index is 0. The van der Waals surface area contributed by atoms with Crippen molar-refractivity contribution < 1.29 is 20.1 Å². The second-order valence-corrected chi connectivity index (χ2v) is 17.5. The van der Waals surface area contributed by atoms with Crippen molar-refractivity contribution in [1.82, 2.24) is 15.0 Å². The third-order valence-corrected chi connectivity index (χ3v) is 13.5. The maximum atomic E-state index is 4.23. The monoisotopic (exact) mass is 1050 g/mol. The van der Waals surface area contributed by atoms with Crippen LogP contribution in [0.3, 0.4) is 0 Å². The van der Waals surface area contributed by atoms with E-state index < -0.39 is 0 Å². The van der Waals surface area contributed by atoms with Crippen molar-refractivity contribution in [2.75, 3.05) is 0 Å². The Hall–Kier alpha value is -6.70. The van der Waals surface area contributed by atoms with Crippen LogP contribution in [0.4, 0.5) is 0 Å². The summed E-state index contributed by atoms with van der Waals surface area (Å²) in [6.45, 7) is 0. The molecule has 12 aromatic rings. The molecule has 7 heteroatoms. The van der Waals surface area contributed by atoms with Gasteiger partial charge in [0.1, 0.15) is 0 Å². The van der Waals surface area contributed by atoms with Crippen LogP contribution in [0.25, 0.3) is 97.0 Å². The van der Waals surface area contributed by atoms with Crippen LogP contribution in [-0.2, 0) is 20.1 Å². The van der Waals surface area contributed by atoms with Crippen molar-refractivity contribution in [3.8, 4) is 64.7 Å². The van der Waals surface area contributed by atoms with Gasteiger partial charge in [0.05, 0.1) is 31.2 Å². The summed E-state index contributed by atoms with van der Waals surface area (Å²) >= 11 is 5.05. The van der Waals surface area contributed by atoms with Gasteiger partial charge in [-0.05, 0) is 65.7 Å². The standard InChI is InChI=1S/3C19H13NS.Ir/c3*1-2-6-14(7-3-1)16-10-4-8-15-9-5-11-17(19(15)16)18-12-20-13-21-18;/h3*1-13H;. The minimum atomic E-state index is 0. The molecule has 1 radical (unpaired) electrons. The molecular formula is C57H39IrN3S3. The van der Waals surface area contributed by atoms with Gasteiger partial charge in [0.25, 0.3) is 0 Å². The number of benzene rings is 9. The van der Waals surface area contributed by atoms with E-state index in [9.17, 15) is 0 Å². The van der Waals surface area contributed by atoms with E-state index in [1.807, 2.05) is 35.1 Å². The average molecular weight is 1050 g/mol. The predicted molar refractivity (Wildman–Crippen MR) is 271 cm³/mol. The van der Waals surface area contributed by atoms with Crippen molar-refractivity contribution in [2.45, 2.75) is 0 Å². The van der Waals surface area contributed by atoms with Gasteiger partial charge < -0.3 is 0 Å². The molecule has 0 fully saturated rings. The van der Waals surface area contributed by atoms with E-state index in [0.29, 0.717) is 0 Å². The third-order valence-electron chi connectivity index (χ3n) is 11.1. The van der Waals surface area contributed by atoms with Crippen molar-refractivity contribution in [3.63, 3.8) is 0 Å². The number of hydrogen-bond donors (Lipinski definition) is 0. The zero-order valence-corrected chi connectivity index (χ0v) is 39.3. The Morgan fingerprint density at radius 2 is 0.500 bits per heavy atom. The smallest absolute Gasteiger partial charge is 0.0797 e. The first kappa shape index (κ1) is 42.6. The second kappa shape index (κ2) is 20.2. The second-order valence-electron chi connectivity index (χ2n) is 14.8. The van der Waals surface area contributed by atoms with Gasteiger partial charge in [-0.3, -0.25) is 15.0 Å². The molecule has 309 valence electrons. The van der Waals surface area contributed by atoms with E-state index in [1.54, 1.807) is 34.0 Å². The summed E-state index contributed by atoms with van der Waals surface area (Å²) in [6.07, 6.45) is 5.84. The first-order valence-electron chi connectivity index (χ1n) is 20.7. The molecule has 0 atom stereocenters. The first-order chi connectivity index (χ1) is 31.3. The molecule has 0 amide bonds. The Bertz CT molecular complexity index is 3000. The molecule has 12 rings (SSSR count). The molecular weight excluding hydrogens is 1020 g/mol. The Morgan fingerprint density at radius 1 is 0.250 bits per heavy atom. The van der Waals surface area contributed by atoms with Gasteiger partial charge in [-0.2, -0.15) is 0 Å². The van der Waals surface area contributed by atoms with Gasteiger partial charge in [0.2, 0.25) is 0 Å². The summed E-state index contributed by atoms with van der Waals surface area (Å²) in [5.74, 6) is 0. The van der Waals surface area contributed by atoms with Crippen LogP contribution in [0, 0.1) is 0 Å². The fraction of sp³-hybridized carbons (Fsp3) is 0. The molecule has 0 saturated carbocycles. The minimum Gasteiger partial charge on any atom is -0.252 e. The number of aromatic nitrogens is 3. The van der Waals surface area contributed by atoms with Crippen molar-refractivity contribution in [3.05, 3.63) is 235 Å². The van der Waals surface area contributed by atoms with E-state index in [1.165, 1.54) is 97.0 Å². The molecule has 0 N–H and O–H groups in total. The summed E-state index contributed by atoms with van der Waals surface area (Å²) in [4.78, 5) is 16.3. The Balaban J connectivity index is 0.000000121. The molecule has 0 spiro atoms. The predicted octanol–water partition coefficient (Wildman–Crippen LogP) is 16.9. The first-order valence-corrected chi connectivity index (χ1v) is 23.3. The van der Waals surface area contributed by atoms with Crippen molar-refractivity contribution in [2.24, 2.45) is 0 Å². The summed E-state index contributed by atoms with van der Waals surface area (Å²) in [6, 6.07) is 70.6. The molecule has 0 saturated heterocycles. The van der Waals surface area contributed by atoms with Gasteiger partial charge in [0, 0.05) is 55.4 Å². The van der Waals surface area contributed by atoms with Gasteiger partial charge >= 0.3 is 0 Å². The molecule has 0 bridgehead atoms. The van der Waals surface area contributed by atoms with Crippen molar-refractivity contribution >= 4 is 66.3 Å². The van der Waals surface area contributed by atoms with E-state index in [0.717, 1.165) is 0 Å². The molecule has 9 aromatic carbocycles. The Morgan fingerprint density at radius 3 is 0.734 bits per heavy atom. The average Bonchev–Trinajstić information content (AvgIpc) is 4.21. The molecule has 3 heterocycles. The van der Waals surface area contributed by atoms with Crippen LogP contribution in [0.15, 0.2) is 235 Å². The largest absolute Gasteiger partial charge is 0.252 e. The number of rotatable bonds is 6. The number of thiazole rings is 3. The maximum absolute atomic E-state index is 4.23. The molecule has 0 unspecified atom stereocenters. The van der Waals surface area contributed by atoms with E-state index in [4.69, 9.17) is 0 Å². The zero-order chi connectivity index (χ0) is 42.2. The molecule has 3 nitrogen and oxygen atoms in total. The number of fused-ring (bicyclic) bond motifs is 3. The van der Waals surface area contributed by atoms with Crippen LogP contribution in [0.5, 0.6) is 0 Å². The molecule has 0 aliphatic rings. The molecule has 0 aliphatic carbocycles. The summed E-state index contributed by atoms with van der Waals surface area (Å²) in [7, 11) is 0. The van der Waals surface area contributed by atoms with Gasteiger partial charge in [-0.1, -0.05) is 200 Å². The Labute approximate surface area is 398 Å². The Kier molecular flexibility index (Phi) is 13.4. The summed E-state index contributed by atoms with van der Waals surface area (Å²) in [5.41, 5.74) is 17.0. The van der Waals surface area contributed by atoms with Gasteiger partial charge in [-0.25, -0.2) is 0 Å². The summed E-state index contributed by atoms with van der Waals surface area (Å²) in [5, 5.41) is 7.70. The van der Waals surface area contributed by atoms with Crippen LogP contribution in [0.2, 0.25) is 0 Å².